The minimum Gasteiger partial charge on any atom is -0.323 e. The zero-order chi connectivity index (χ0) is 17.5. The third-order valence-electron chi connectivity index (χ3n) is 4.81. The lowest BCUT2D eigenvalue weighted by molar-refractivity contribution is 0.0182. The Balaban J connectivity index is 1.77. The van der Waals surface area contributed by atoms with Gasteiger partial charge in [0.15, 0.2) is 9.84 Å². The lowest BCUT2D eigenvalue weighted by Crippen LogP contribution is -2.40. The Morgan fingerprint density at radius 2 is 1.88 bits per heavy atom. The number of para-hydroxylation sites is 1. The molecule has 0 aromatic heterocycles. The summed E-state index contributed by atoms with van der Waals surface area (Å²) in [4.78, 5) is 13.9. The number of benzene rings is 1. The molecule has 132 valence electrons. The third kappa shape index (κ3) is 3.11. The van der Waals surface area contributed by atoms with E-state index in [2.05, 4.69) is 5.32 Å². The summed E-state index contributed by atoms with van der Waals surface area (Å²) in [6.07, 6.45) is 1.60. The number of likely N-dealkylation sites (tertiary alicyclic amines) is 1. The molecular weight excluding hydrogens is 338 g/mol. The fourth-order valence-corrected chi connectivity index (χ4v) is 5.76. The molecule has 2 aliphatic heterocycles. The van der Waals surface area contributed by atoms with Crippen molar-refractivity contribution >= 4 is 21.6 Å². The lowest BCUT2D eigenvalue weighted by Gasteiger charge is -2.25. The molecule has 8 heteroatoms. The molecule has 2 amide bonds. The van der Waals surface area contributed by atoms with E-state index in [1.807, 2.05) is 0 Å². The van der Waals surface area contributed by atoms with Crippen LogP contribution in [0.25, 0.3) is 0 Å². The standard InChI is InChI=1S/C16H20F2N2O3S/c1-16(17,18)13-4-2-3-5-14(13)19-15(21)20-9-8-11-6-7-12(10-20)24(11,22)23/h2-5,11-12H,6-10H2,1H3,(H,19,21). The van der Waals surface area contributed by atoms with Crippen LogP contribution < -0.4 is 5.32 Å². The van der Waals surface area contributed by atoms with Crippen molar-refractivity contribution in [2.45, 2.75) is 42.6 Å². The summed E-state index contributed by atoms with van der Waals surface area (Å²) in [6.45, 7) is 1.21. The van der Waals surface area contributed by atoms with E-state index in [1.165, 1.54) is 23.1 Å². The van der Waals surface area contributed by atoms with Crippen molar-refractivity contribution in [2.75, 3.05) is 18.4 Å². The number of hydrogen-bond acceptors (Lipinski definition) is 3. The average molecular weight is 358 g/mol. The molecule has 3 rings (SSSR count). The summed E-state index contributed by atoms with van der Waals surface area (Å²) in [6, 6.07) is 5.21. The number of nitrogens with one attached hydrogen (secondary N) is 1. The first-order chi connectivity index (χ1) is 11.2. The number of anilines is 1. The molecule has 2 atom stereocenters. The van der Waals surface area contributed by atoms with Gasteiger partial charge in [0.05, 0.1) is 16.2 Å². The van der Waals surface area contributed by atoms with E-state index < -0.39 is 27.0 Å². The first-order valence-electron chi connectivity index (χ1n) is 7.95. The molecule has 5 nitrogen and oxygen atoms in total. The number of fused-ring (bicyclic) bond motifs is 2. The molecule has 24 heavy (non-hydrogen) atoms. The molecular formula is C16H20F2N2O3S. The summed E-state index contributed by atoms with van der Waals surface area (Å²) in [5.74, 6) is -3.08. The second-order valence-corrected chi connectivity index (χ2v) is 9.02. The van der Waals surface area contributed by atoms with E-state index in [9.17, 15) is 22.0 Å². The van der Waals surface area contributed by atoms with Gasteiger partial charge >= 0.3 is 6.03 Å². The summed E-state index contributed by atoms with van der Waals surface area (Å²) in [5, 5.41) is 1.59. The zero-order valence-electron chi connectivity index (χ0n) is 13.3. The molecule has 1 aromatic rings. The van der Waals surface area contributed by atoms with E-state index in [0.717, 1.165) is 6.92 Å². The highest BCUT2D eigenvalue weighted by molar-refractivity contribution is 7.93. The van der Waals surface area contributed by atoms with Gasteiger partial charge in [0.1, 0.15) is 0 Å². The predicted octanol–water partition coefficient (Wildman–Crippen LogP) is 2.98. The molecule has 1 N–H and O–H groups in total. The molecule has 1 aromatic carbocycles. The normalized spacial score (nSPS) is 26.0. The smallest absolute Gasteiger partial charge is 0.321 e. The van der Waals surface area contributed by atoms with Gasteiger partial charge in [-0.2, -0.15) is 0 Å². The molecule has 2 aliphatic rings. The second-order valence-electron chi connectivity index (χ2n) is 6.51. The van der Waals surface area contributed by atoms with Crippen LogP contribution in [0.5, 0.6) is 0 Å². The summed E-state index contributed by atoms with van der Waals surface area (Å²) in [7, 11) is -3.18. The van der Waals surface area contributed by atoms with Gasteiger partial charge in [-0.25, -0.2) is 22.0 Å². The average Bonchev–Trinajstić information content (AvgIpc) is 2.66. The minimum atomic E-state index is -3.18. The second kappa shape index (κ2) is 5.98. The van der Waals surface area contributed by atoms with Gasteiger partial charge in [0.25, 0.3) is 5.92 Å². The Bertz CT molecular complexity index is 746. The van der Waals surface area contributed by atoms with Crippen molar-refractivity contribution in [3.05, 3.63) is 29.8 Å². The van der Waals surface area contributed by atoms with E-state index >= 15 is 0 Å². The van der Waals surface area contributed by atoms with Crippen LogP contribution in [0.15, 0.2) is 24.3 Å². The Hall–Kier alpha value is -1.70. The summed E-state index contributed by atoms with van der Waals surface area (Å²) >= 11 is 0. The number of urea groups is 1. The number of amides is 2. The van der Waals surface area contributed by atoms with Gasteiger partial charge in [-0.1, -0.05) is 18.2 Å². The SMILES string of the molecule is CC(F)(F)c1ccccc1NC(=O)N1CCC2CCC(C1)S2(=O)=O. The lowest BCUT2D eigenvalue weighted by atomic mass is 10.1. The van der Waals surface area contributed by atoms with Crippen molar-refractivity contribution in [1.29, 1.82) is 0 Å². The number of rotatable bonds is 2. The van der Waals surface area contributed by atoms with Gasteiger partial charge in [0, 0.05) is 25.6 Å². The van der Waals surface area contributed by atoms with E-state index in [0.29, 0.717) is 25.8 Å². The Labute approximate surface area is 139 Å². The maximum Gasteiger partial charge on any atom is 0.321 e. The molecule has 2 fully saturated rings. The number of hydrogen-bond donors (Lipinski definition) is 1. The van der Waals surface area contributed by atoms with E-state index in [1.54, 1.807) is 6.07 Å². The Morgan fingerprint density at radius 1 is 1.21 bits per heavy atom. The van der Waals surface area contributed by atoms with Crippen LogP contribution in [-0.4, -0.2) is 42.9 Å². The number of nitrogens with zero attached hydrogens (tertiary/aromatic N) is 1. The summed E-state index contributed by atoms with van der Waals surface area (Å²) in [5.41, 5.74) is -0.213. The van der Waals surface area contributed by atoms with E-state index in [-0.39, 0.29) is 23.0 Å². The van der Waals surface area contributed by atoms with Gasteiger partial charge in [-0.05, 0) is 25.3 Å². The number of halogens is 2. The van der Waals surface area contributed by atoms with Crippen molar-refractivity contribution in [2.24, 2.45) is 0 Å². The Kier molecular flexibility index (Phi) is 4.27. The molecule has 2 heterocycles. The van der Waals surface area contributed by atoms with Gasteiger partial charge < -0.3 is 10.2 Å². The van der Waals surface area contributed by atoms with Crippen LogP contribution in [0.3, 0.4) is 0 Å². The molecule has 0 saturated carbocycles. The largest absolute Gasteiger partial charge is 0.323 e. The van der Waals surface area contributed by atoms with Crippen LogP contribution in [0, 0.1) is 0 Å². The van der Waals surface area contributed by atoms with Crippen molar-refractivity contribution in [1.82, 2.24) is 4.90 Å². The fraction of sp³-hybridized carbons (Fsp3) is 0.562. The molecule has 0 spiro atoms. The first-order valence-corrected chi connectivity index (χ1v) is 9.56. The van der Waals surface area contributed by atoms with Crippen molar-refractivity contribution < 1.29 is 22.0 Å². The topological polar surface area (TPSA) is 66.5 Å². The predicted molar refractivity (Wildman–Crippen MR) is 86.9 cm³/mol. The van der Waals surface area contributed by atoms with Crippen LogP contribution in [0.1, 0.15) is 31.7 Å². The zero-order valence-corrected chi connectivity index (χ0v) is 14.2. The minimum absolute atomic E-state index is 0.0484. The van der Waals surface area contributed by atoms with Crippen LogP contribution >= 0.6 is 0 Å². The number of alkyl halides is 2. The van der Waals surface area contributed by atoms with Crippen LogP contribution in [-0.2, 0) is 15.8 Å². The van der Waals surface area contributed by atoms with Crippen molar-refractivity contribution in [3.63, 3.8) is 0 Å². The van der Waals surface area contributed by atoms with Gasteiger partial charge in [0.2, 0.25) is 0 Å². The molecule has 0 radical (unpaired) electrons. The Morgan fingerprint density at radius 3 is 2.58 bits per heavy atom. The van der Waals surface area contributed by atoms with Gasteiger partial charge in [-0.3, -0.25) is 0 Å². The molecule has 2 saturated heterocycles. The maximum absolute atomic E-state index is 13.7. The third-order valence-corrected chi connectivity index (χ3v) is 7.53. The highest BCUT2D eigenvalue weighted by Gasteiger charge is 2.44. The molecule has 2 unspecified atom stereocenters. The summed E-state index contributed by atoms with van der Waals surface area (Å²) < 4.78 is 51.8. The van der Waals surface area contributed by atoms with E-state index in [4.69, 9.17) is 0 Å². The highest BCUT2D eigenvalue weighted by Crippen LogP contribution is 2.35. The quantitative estimate of drug-likeness (QED) is 0.884. The van der Waals surface area contributed by atoms with Crippen LogP contribution in [0.2, 0.25) is 0 Å². The van der Waals surface area contributed by atoms with Crippen molar-refractivity contribution in [3.8, 4) is 0 Å². The number of sulfone groups is 1. The maximum atomic E-state index is 13.7. The van der Waals surface area contributed by atoms with Gasteiger partial charge in [-0.15, -0.1) is 0 Å². The first kappa shape index (κ1) is 17.1. The molecule has 0 aliphatic carbocycles. The highest BCUT2D eigenvalue weighted by atomic mass is 32.2. The van der Waals surface area contributed by atoms with Crippen LogP contribution in [0.4, 0.5) is 19.3 Å². The number of carbonyl (C=O) groups excluding carboxylic acids is 1. The monoisotopic (exact) mass is 358 g/mol. The fourth-order valence-electron chi connectivity index (χ4n) is 3.47. The molecule has 2 bridgehead atoms. The number of carbonyl (C=O) groups is 1.